The van der Waals surface area contributed by atoms with E-state index in [0.29, 0.717) is 0 Å². The molecule has 0 aliphatic rings. The lowest BCUT2D eigenvalue weighted by Crippen LogP contribution is -2.18. The van der Waals surface area contributed by atoms with Crippen molar-refractivity contribution in [2.75, 3.05) is 14.2 Å². The van der Waals surface area contributed by atoms with Crippen molar-refractivity contribution < 1.29 is 18.3 Å². The molecule has 2 rings (SSSR count). The average Bonchev–Trinajstić information content (AvgIpc) is 2.46. The van der Waals surface area contributed by atoms with Gasteiger partial charge in [0.1, 0.15) is 17.3 Å². The number of ether oxygens (including phenoxy) is 2. The second-order valence-corrected chi connectivity index (χ2v) is 3.92. The Morgan fingerprint density at radius 3 is 2.35 bits per heavy atom. The Bertz CT molecular complexity index is 602. The molecule has 20 heavy (non-hydrogen) atoms. The van der Waals surface area contributed by atoms with Crippen LogP contribution < -0.4 is 15.2 Å². The Morgan fingerprint density at radius 1 is 1.15 bits per heavy atom. The van der Waals surface area contributed by atoms with E-state index in [9.17, 15) is 8.78 Å². The van der Waals surface area contributed by atoms with Gasteiger partial charge in [0.2, 0.25) is 11.8 Å². The summed E-state index contributed by atoms with van der Waals surface area (Å²) in [6, 6.07) is 2.38. The molecule has 0 amide bonds. The smallest absolute Gasteiger partial charge is 0.240 e. The topological polar surface area (TPSA) is 70.3 Å². The minimum absolute atomic E-state index is 0.0551. The standard InChI is InChI=1S/C13H13F2N3O2/c1-19-9-6-17-12(13(18-9)20-2)11(16)10-7(14)4-3-5-8(10)15/h3-6,11H,16H2,1-2H3. The summed E-state index contributed by atoms with van der Waals surface area (Å²) in [5.74, 6) is -1.24. The number of rotatable bonds is 4. The minimum atomic E-state index is -1.13. The third kappa shape index (κ3) is 2.53. The number of benzene rings is 1. The highest BCUT2D eigenvalue weighted by Gasteiger charge is 2.23. The van der Waals surface area contributed by atoms with Crippen molar-refractivity contribution >= 4 is 0 Å². The normalized spacial score (nSPS) is 12.1. The van der Waals surface area contributed by atoms with Crippen molar-refractivity contribution in [1.29, 1.82) is 0 Å². The van der Waals surface area contributed by atoms with E-state index in [-0.39, 0.29) is 23.0 Å². The largest absolute Gasteiger partial charge is 0.480 e. The van der Waals surface area contributed by atoms with Crippen LogP contribution in [-0.2, 0) is 0 Å². The Balaban J connectivity index is 2.50. The molecule has 0 saturated heterocycles. The first-order valence-electron chi connectivity index (χ1n) is 5.73. The fourth-order valence-electron chi connectivity index (χ4n) is 1.77. The molecule has 0 saturated carbocycles. The van der Waals surface area contributed by atoms with Gasteiger partial charge in [0.05, 0.1) is 26.5 Å². The lowest BCUT2D eigenvalue weighted by Gasteiger charge is -2.15. The highest BCUT2D eigenvalue weighted by atomic mass is 19.1. The highest BCUT2D eigenvalue weighted by molar-refractivity contribution is 5.35. The van der Waals surface area contributed by atoms with Crippen molar-refractivity contribution in [1.82, 2.24) is 9.97 Å². The lowest BCUT2D eigenvalue weighted by atomic mass is 10.0. The number of aromatic nitrogens is 2. The number of methoxy groups -OCH3 is 2. The quantitative estimate of drug-likeness (QED) is 0.925. The van der Waals surface area contributed by atoms with E-state index in [1.165, 1.54) is 26.5 Å². The molecule has 1 atom stereocenters. The predicted molar refractivity (Wildman–Crippen MR) is 67.5 cm³/mol. The fourth-order valence-corrected chi connectivity index (χ4v) is 1.77. The molecule has 2 N–H and O–H groups in total. The lowest BCUT2D eigenvalue weighted by molar-refractivity contribution is 0.354. The van der Waals surface area contributed by atoms with Crippen LogP contribution in [-0.4, -0.2) is 24.2 Å². The summed E-state index contributed by atoms with van der Waals surface area (Å²) >= 11 is 0. The molecule has 106 valence electrons. The van der Waals surface area contributed by atoms with Crippen molar-refractivity contribution in [3.8, 4) is 11.8 Å². The first-order valence-corrected chi connectivity index (χ1v) is 5.73. The van der Waals surface area contributed by atoms with Crippen LogP contribution in [0.15, 0.2) is 24.4 Å². The zero-order valence-corrected chi connectivity index (χ0v) is 10.9. The van der Waals surface area contributed by atoms with Gasteiger partial charge in [-0.25, -0.2) is 13.8 Å². The number of nitrogens with zero attached hydrogens (tertiary/aromatic N) is 2. The van der Waals surface area contributed by atoms with E-state index in [1.807, 2.05) is 0 Å². The molecule has 1 unspecified atom stereocenters. The van der Waals surface area contributed by atoms with Gasteiger partial charge in [-0.05, 0) is 12.1 Å². The molecule has 5 nitrogen and oxygen atoms in total. The zero-order chi connectivity index (χ0) is 14.7. The van der Waals surface area contributed by atoms with E-state index in [4.69, 9.17) is 15.2 Å². The number of hydrogen-bond acceptors (Lipinski definition) is 5. The fraction of sp³-hybridized carbons (Fsp3) is 0.231. The third-order valence-corrected chi connectivity index (χ3v) is 2.75. The molecule has 0 aliphatic carbocycles. The Kier molecular flexibility index (Phi) is 4.09. The molecule has 7 heteroatoms. The summed E-state index contributed by atoms with van der Waals surface area (Å²) in [7, 11) is 2.77. The highest BCUT2D eigenvalue weighted by Crippen LogP contribution is 2.29. The van der Waals surface area contributed by atoms with E-state index in [2.05, 4.69) is 9.97 Å². The van der Waals surface area contributed by atoms with Gasteiger partial charge in [0.15, 0.2) is 0 Å². The Labute approximate surface area is 114 Å². The molecule has 0 fully saturated rings. The van der Waals surface area contributed by atoms with Crippen LogP contribution in [0.25, 0.3) is 0 Å². The Morgan fingerprint density at radius 2 is 1.80 bits per heavy atom. The maximum Gasteiger partial charge on any atom is 0.240 e. The monoisotopic (exact) mass is 281 g/mol. The summed E-state index contributed by atoms with van der Waals surface area (Å²) in [6.45, 7) is 0. The van der Waals surface area contributed by atoms with Crippen LogP contribution in [0.2, 0.25) is 0 Å². The average molecular weight is 281 g/mol. The van der Waals surface area contributed by atoms with E-state index in [1.54, 1.807) is 0 Å². The number of hydrogen-bond donors (Lipinski definition) is 1. The van der Waals surface area contributed by atoms with Crippen LogP contribution in [0, 0.1) is 11.6 Å². The zero-order valence-electron chi connectivity index (χ0n) is 10.9. The SMILES string of the molecule is COc1cnc(C(N)c2c(F)cccc2F)c(OC)n1. The molecular weight excluding hydrogens is 268 g/mol. The van der Waals surface area contributed by atoms with Gasteiger partial charge in [-0.2, -0.15) is 4.98 Å². The summed E-state index contributed by atoms with van der Waals surface area (Å²) in [6.07, 6.45) is 1.30. The van der Waals surface area contributed by atoms with Crippen LogP contribution in [0.3, 0.4) is 0 Å². The van der Waals surface area contributed by atoms with Crippen LogP contribution in [0.5, 0.6) is 11.8 Å². The van der Waals surface area contributed by atoms with Crippen molar-refractivity contribution in [3.05, 3.63) is 47.3 Å². The van der Waals surface area contributed by atoms with Gasteiger partial charge in [-0.3, -0.25) is 0 Å². The molecule has 2 aromatic rings. The van der Waals surface area contributed by atoms with Gasteiger partial charge < -0.3 is 15.2 Å². The van der Waals surface area contributed by atoms with E-state index >= 15 is 0 Å². The second-order valence-electron chi connectivity index (χ2n) is 3.92. The molecule has 0 bridgehead atoms. The van der Waals surface area contributed by atoms with Gasteiger partial charge in [-0.15, -0.1) is 0 Å². The van der Waals surface area contributed by atoms with E-state index in [0.717, 1.165) is 12.1 Å². The maximum absolute atomic E-state index is 13.7. The predicted octanol–water partition coefficient (Wildman–Crippen LogP) is 1.82. The van der Waals surface area contributed by atoms with Crippen LogP contribution >= 0.6 is 0 Å². The summed E-state index contributed by atoms with van der Waals surface area (Å²) in [4.78, 5) is 7.99. The van der Waals surface area contributed by atoms with Crippen LogP contribution in [0.1, 0.15) is 17.3 Å². The Hall–Kier alpha value is -2.28. The molecule has 1 heterocycles. The summed E-state index contributed by atoms with van der Waals surface area (Å²) in [5.41, 5.74) is 5.72. The van der Waals surface area contributed by atoms with Gasteiger partial charge in [0, 0.05) is 5.56 Å². The second kappa shape index (κ2) is 5.79. The van der Waals surface area contributed by atoms with Crippen molar-refractivity contribution in [2.24, 2.45) is 5.73 Å². The van der Waals surface area contributed by atoms with Crippen LogP contribution in [0.4, 0.5) is 8.78 Å². The third-order valence-electron chi connectivity index (χ3n) is 2.75. The van der Waals surface area contributed by atoms with E-state index < -0.39 is 17.7 Å². The maximum atomic E-state index is 13.7. The molecule has 0 radical (unpaired) electrons. The first kappa shape index (κ1) is 14.1. The molecule has 1 aromatic heterocycles. The molecule has 0 aliphatic heterocycles. The molecular formula is C13H13F2N3O2. The minimum Gasteiger partial charge on any atom is -0.480 e. The van der Waals surface area contributed by atoms with Gasteiger partial charge in [-0.1, -0.05) is 6.07 Å². The van der Waals surface area contributed by atoms with Crippen molar-refractivity contribution in [2.45, 2.75) is 6.04 Å². The summed E-state index contributed by atoms with van der Waals surface area (Å²) in [5, 5.41) is 0. The summed E-state index contributed by atoms with van der Waals surface area (Å²) < 4.78 is 37.4. The van der Waals surface area contributed by atoms with Crippen molar-refractivity contribution in [3.63, 3.8) is 0 Å². The molecule has 1 aromatic carbocycles. The first-order chi connectivity index (χ1) is 9.58. The van der Waals surface area contributed by atoms with Gasteiger partial charge >= 0.3 is 0 Å². The van der Waals surface area contributed by atoms with Gasteiger partial charge in [0.25, 0.3) is 0 Å². The number of nitrogens with two attached hydrogens (primary N) is 1. The number of halogens is 2. The molecule has 0 spiro atoms.